The molecule has 1 heterocycles. The largest absolute Gasteiger partial charge is 0.416 e. The van der Waals surface area contributed by atoms with Crippen LogP contribution in [0.15, 0.2) is 59.0 Å². The Morgan fingerprint density at radius 1 is 0.792 bits per heavy atom. The predicted molar refractivity (Wildman–Crippen MR) is 79.3 cm³/mol. The van der Waals surface area contributed by atoms with Crippen molar-refractivity contribution in [2.45, 2.75) is 22.1 Å². The zero-order chi connectivity index (χ0) is 17.7. The van der Waals surface area contributed by atoms with Crippen LogP contribution < -0.4 is 4.90 Å². The molecule has 2 aromatic rings. The molecule has 0 amide bonds. The summed E-state index contributed by atoms with van der Waals surface area (Å²) >= 11 is 0.873. The number of halogens is 6. The van der Waals surface area contributed by atoms with Crippen LogP contribution in [0.25, 0.3) is 0 Å². The summed E-state index contributed by atoms with van der Waals surface area (Å²) in [5.74, 6) is 0. The Kier molecular flexibility index (Phi) is 3.82. The first-order valence-electron chi connectivity index (χ1n) is 6.63. The van der Waals surface area contributed by atoms with E-state index in [9.17, 15) is 26.3 Å². The summed E-state index contributed by atoms with van der Waals surface area (Å²) in [7, 11) is 0. The van der Waals surface area contributed by atoms with Crippen LogP contribution in [0.1, 0.15) is 11.1 Å². The second-order valence-corrected chi connectivity index (χ2v) is 6.10. The van der Waals surface area contributed by atoms with E-state index in [2.05, 4.69) is 6.58 Å². The zero-order valence-corrected chi connectivity index (χ0v) is 12.7. The van der Waals surface area contributed by atoms with Crippen LogP contribution in [0, 0.1) is 0 Å². The Balaban J connectivity index is 2.13. The maximum absolute atomic E-state index is 12.9. The second-order valence-electron chi connectivity index (χ2n) is 5.02. The number of anilines is 2. The van der Waals surface area contributed by atoms with Gasteiger partial charge in [0.2, 0.25) is 0 Å². The van der Waals surface area contributed by atoms with Gasteiger partial charge in [0.25, 0.3) is 0 Å². The fraction of sp³-hybridized carbons (Fsp3) is 0.125. The molecule has 0 unspecified atom stereocenters. The average molecular weight is 361 g/mol. The van der Waals surface area contributed by atoms with Gasteiger partial charge in [-0.2, -0.15) is 26.3 Å². The minimum atomic E-state index is -4.53. The van der Waals surface area contributed by atoms with E-state index in [0.717, 1.165) is 36.0 Å². The number of alkyl halides is 6. The van der Waals surface area contributed by atoms with Crippen molar-refractivity contribution in [1.82, 2.24) is 0 Å². The van der Waals surface area contributed by atoms with E-state index >= 15 is 0 Å². The second kappa shape index (κ2) is 5.47. The molecule has 0 saturated carbocycles. The van der Waals surface area contributed by atoms with Crippen LogP contribution in [0.2, 0.25) is 0 Å². The first kappa shape index (κ1) is 16.8. The van der Waals surface area contributed by atoms with Gasteiger partial charge in [-0.05, 0) is 36.4 Å². The third-order valence-corrected chi connectivity index (χ3v) is 4.59. The van der Waals surface area contributed by atoms with Crippen molar-refractivity contribution in [3.63, 3.8) is 0 Å². The predicted octanol–water partition coefficient (Wildman–Crippen LogP) is 6.47. The van der Waals surface area contributed by atoms with Crippen molar-refractivity contribution in [2.24, 2.45) is 0 Å². The highest BCUT2D eigenvalue weighted by molar-refractivity contribution is 7.99. The van der Waals surface area contributed by atoms with Crippen molar-refractivity contribution < 1.29 is 26.3 Å². The molecule has 0 atom stereocenters. The van der Waals surface area contributed by atoms with E-state index in [1.54, 1.807) is 0 Å². The van der Waals surface area contributed by atoms with E-state index in [1.807, 2.05) is 0 Å². The molecule has 0 saturated heterocycles. The topological polar surface area (TPSA) is 3.24 Å². The maximum atomic E-state index is 12.9. The number of fused-ring (bicyclic) bond motifs is 2. The smallest absolute Gasteiger partial charge is 0.315 e. The Morgan fingerprint density at radius 3 is 1.54 bits per heavy atom. The lowest BCUT2D eigenvalue weighted by atomic mass is 10.1. The lowest BCUT2D eigenvalue weighted by molar-refractivity contribution is -0.138. The van der Waals surface area contributed by atoms with Crippen molar-refractivity contribution in [2.75, 3.05) is 4.90 Å². The third kappa shape index (κ3) is 2.86. The highest BCUT2D eigenvalue weighted by Crippen LogP contribution is 2.50. The summed E-state index contributed by atoms with van der Waals surface area (Å²) in [6, 6.07) is 6.30. The Bertz CT molecular complexity index is 746. The number of hydrogen-bond acceptors (Lipinski definition) is 2. The van der Waals surface area contributed by atoms with Gasteiger partial charge in [0, 0.05) is 16.0 Å². The molecule has 2 aromatic carbocycles. The molecule has 0 fully saturated rings. The van der Waals surface area contributed by atoms with Gasteiger partial charge in [-0.1, -0.05) is 18.3 Å². The van der Waals surface area contributed by atoms with Crippen LogP contribution in [0.4, 0.5) is 37.7 Å². The summed E-state index contributed by atoms with van der Waals surface area (Å²) in [5.41, 5.74) is -0.827. The van der Waals surface area contributed by atoms with Crippen molar-refractivity contribution in [1.29, 1.82) is 0 Å². The lowest BCUT2D eigenvalue weighted by Crippen LogP contribution is -2.15. The highest BCUT2D eigenvalue weighted by atomic mass is 32.2. The van der Waals surface area contributed by atoms with Gasteiger partial charge in [-0.3, -0.25) is 0 Å². The maximum Gasteiger partial charge on any atom is 0.416 e. The zero-order valence-electron chi connectivity index (χ0n) is 11.9. The van der Waals surface area contributed by atoms with Crippen LogP contribution >= 0.6 is 11.8 Å². The molecule has 126 valence electrons. The molecule has 0 radical (unpaired) electrons. The molecule has 0 N–H and O–H groups in total. The van der Waals surface area contributed by atoms with Crippen molar-refractivity contribution in [3.8, 4) is 0 Å². The average Bonchev–Trinajstić information content (AvgIpc) is 2.49. The minimum absolute atomic E-state index is 0.219. The molecule has 1 aliphatic heterocycles. The van der Waals surface area contributed by atoms with Crippen molar-refractivity contribution in [3.05, 3.63) is 60.3 Å². The fourth-order valence-corrected chi connectivity index (χ4v) is 3.54. The van der Waals surface area contributed by atoms with E-state index in [0.29, 0.717) is 11.4 Å². The third-order valence-electron chi connectivity index (χ3n) is 3.50. The van der Waals surface area contributed by atoms with E-state index in [1.165, 1.54) is 23.2 Å². The molecule has 3 rings (SSSR count). The first-order valence-corrected chi connectivity index (χ1v) is 7.45. The molecular formula is C16H9F6NS. The first-order chi connectivity index (χ1) is 11.1. The molecular weight excluding hydrogens is 352 g/mol. The Labute approximate surface area is 137 Å². The summed E-state index contributed by atoms with van der Waals surface area (Å²) in [4.78, 5) is 1.91. The highest BCUT2D eigenvalue weighted by Gasteiger charge is 2.35. The molecule has 8 heteroatoms. The van der Waals surface area contributed by atoms with Crippen LogP contribution in [-0.4, -0.2) is 0 Å². The molecule has 24 heavy (non-hydrogen) atoms. The summed E-state index contributed by atoms with van der Waals surface area (Å²) in [6.45, 7) is 3.60. The van der Waals surface area contributed by atoms with Gasteiger partial charge >= 0.3 is 12.4 Å². The van der Waals surface area contributed by atoms with E-state index < -0.39 is 23.5 Å². The van der Waals surface area contributed by atoms with Crippen molar-refractivity contribution >= 4 is 23.1 Å². The SMILES string of the molecule is C=CN1c2ccc(C(F)(F)F)cc2Sc2cc(C(F)(F)F)ccc21. The van der Waals surface area contributed by atoms with E-state index in [-0.39, 0.29) is 9.79 Å². The van der Waals surface area contributed by atoms with Crippen LogP contribution in [0.3, 0.4) is 0 Å². The number of benzene rings is 2. The number of rotatable bonds is 1. The molecule has 0 spiro atoms. The fourth-order valence-electron chi connectivity index (χ4n) is 2.39. The van der Waals surface area contributed by atoms with Gasteiger partial charge in [-0.25, -0.2) is 0 Å². The van der Waals surface area contributed by atoms with Crippen LogP contribution in [-0.2, 0) is 12.4 Å². The molecule has 0 aromatic heterocycles. The van der Waals surface area contributed by atoms with Crippen LogP contribution in [0.5, 0.6) is 0 Å². The van der Waals surface area contributed by atoms with E-state index in [4.69, 9.17) is 0 Å². The molecule has 0 aliphatic carbocycles. The Morgan fingerprint density at radius 2 is 1.21 bits per heavy atom. The quantitative estimate of drug-likeness (QED) is 0.536. The lowest BCUT2D eigenvalue weighted by Gasteiger charge is -2.30. The van der Waals surface area contributed by atoms with Gasteiger partial charge in [-0.15, -0.1) is 0 Å². The number of hydrogen-bond donors (Lipinski definition) is 0. The van der Waals surface area contributed by atoms with Gasteiger partial charge in [0.05, 0.1) is 22.5 Å². The molecule has 1 aliphatic rings. The summed E-state index contributed by atoms with van der Waals surface area (Å²) in [6.07, 6.45) is -7.69. The molecule has 1 nitrogen and oxygen atoms in total. The normalized spacial score (nSPS) is 14.2. The summed E-state index contributed by atoms with van der Waals surface area (Å²) in [5, 5.41) is 0. The minimum Gasteiger partial charge on any atom is -0.315 e. The van der Waals surface area contributed by atoms with Gasteiger partial charge in [0.15, 0.2) is 0 Å². The monoisotopic (exact) mass is 361 g/mol. The Hall–Kier alpha value is -2.09. The van der Waals surface area contributed by atoms with Gasteiger partial charge < -0.3 is 4.90 Å². The van der Waals surface area contributed by atoms with Gasteiger partial charge in [0.1, 0.15) is 0 Å². The standard InChI is InChI=1S/C16H9F6NS/c1-2-23-11-5-3-9(15(17,18)19)7-13(11)24-14-8-10(16(20,21)22)4-6-12(14)23/h2-8H,1H2. The summed E-state index contributed by atoms with van der Waals surface area (Å²) < 4.78 is 77.2. The number of nitrogens with zero attached hydrogens (tertiary/aromatic N) is 1. The molecule has 0 bridgehead atoms.